The zero-order chi connectivity index (χ0) is 15.5. The minimum absolute atomic E-state index is 0.355. The van der Waals surface area contributed by atoms with Gasteiger partial charge < -0.3 is 10.1 Å². The van der Waals surface area contributed by atoms with Crippen molar-refractivity contribution in [2.24, 2.45) is 5.92 Å². The first-order valence-electron chi connectivity index (χ1n) is 7.37. The van der Waals surface area contributed by atoms with Gasteiger partial charge in [-0.1, -0.05) is 0 Å². The van der Waals surface area contributed by atoms with Gasteiger partial charge in [-0.2, -0.15) is 4.31 Å². The van der Waals surface area contributed by atoms with Gasteiger partial charge >= 0.3 is 0 Å². The van der Waals surface area contributed by atoms with Crippen LogP contribution in [0.1, 0.15) is 18.9 Å². The first-order valence-corrected chi connectivity index (χ1v) is 8.81. The van der Waals surface area contributed by atoms with Crippen molar-refractivity contribution in [2.45, 2.75) is 25.2 Å². The van der Waals surface area contributed by atoms with Crippen LogP contribution in [0.15, 0.2) is 23.1 Å². The van der Waals surface area contributed by atoms with E-state index in [-0.39, 0.29) is 0 Å². The lowest BCUT2D eigenvalue weighted by atomic mass is 10.1. The molecule has 5 nitrogen and oxygen atoms in total. The second kappa shape index (κ2) is 6.77. The first-order chi connectivity index (χ1) is 9.98. The Morgan fingerprint density at radius 3 is 2.81 bits per heavy atom. The fourth-order valence-corrected chi connectivity index (χ4v) is 4.34. The van der Waals surface area contributed by atoms with Crippen LogP contribution in [0.25, 0.3) is 0 Å². The molecule has 0 aromatic heterocycles. The number of ether oxygens (including phenoxy) is 1. The third kappa shape index (κ3) is 3.56. The van der Waals surface area contributed by atoms with Crippen LogP contribution in [-0.4, -0.2) is 46.0 Å². The van der Waals surface area contributed by atoms with Gasteiger partial charge in [-0.15, -0.1) is 0 Å². The Labute approximate surface area is 127 Å². The lowest BCUT2D eigenvalue weighted by molar-refractivity contribution is 0.337. The Balaban J connectivity index is 2.18. The summed E-state index contributed by atoms with van der Waals surface area (Å²) in [4.78, 5) is 0.355. The summed E-state index contributed by atoms with van der Waals surface area (Å²) < 4.78 is 32.4. The van der Waals surface area contributed by atoms with Crippen molar-refractivity contribution in [1.29, 1.82) is 0 Å². The summed E-state index contributed by atoms with van der Waals surface area (Å²) in [7, 11) is -1.50. The van der Waals surface area contributed by atoms with E-state index in [4.69, 9.17) is 4.74 Å². The van der Waals surface area contributed by atoms with Crippen LogP contribution in [0, 0.1) is 12.8 Å². The van der Waals surface area contributed by atoms with E-state index in [0.717, 1.165) is 24.3 Å². The number of hydrogen-bond donors (Lipinski definition) is 1. The van der Waals surface area contributed by atoms with Gasteiger partial charge in [0.25, 0.3) is 0 Å². The molecular weight excluding hydrogens is 288 g/mol. The highest BCUT2D eigenvalue weighted by atomic mass is 32.2. The molecule has 1 heterocycles. The van der Waals surface area contributed by atoms with Crippen LogP contribution < -0.4 is 10.1 Å². The van der Waals surface area contributed by atoms with Crippen molar-refractivity contribution in [2.75, 3.05) is 33.3 Å². The zero-order valence-corrected chi connectivity index (χ0v) is 13.7. The Kier molecular flexibility index (Phi) is 5.24. The third-order valence-corrected chi connectivity index (χ3v) is 5.69. The highest BCUT2D eigenvalue weighted by Gasteiger charge is 2.32. The van der Waals surface area contributed by atoms with Crippen molar-refractivity contribution in [3.8, 4) is 5.75 Å². The van der Waals surface area contributed by atoms with Crippen molar-refractivity contribution >= 4 is 10.0 Å². The summed E-state index contributed by atoms with van der Waals surface area (Å²) in [6, 6.07) is 5.08. The summed E-state index contributed by atoms with van der Waals surface area (Å²) in [5.41, 5.74) is 0.851. The predicted molar refractivity (Wildman–Crippen MR) is 83.1 cm³/mol. The van der Waals surface area contributed by atoms with Crippen molar-refractivity contribution in [1.82, 2.24) is 9.62 Å². The number of nitrogens with zero attached hydrogens (tertiary/aromatic N) is 1. The molecule has 1 atom stereocenters. The van der Waals surface area contributed by atoms with Crippen molar-refractivity contribution in [3.05, 3.63) is 23.8 Å². The van der Waals surface area contributed by atoms with Crippen LogP contribution in [0.2, 0.25) is 0 Å². The Morgan fingerprint density at radius 2 is 2.19 bits per heavy atom. The molecule has 0 saturated carbocycles. The Hall–Kier alpha value is -1.11. The molecule has 1 N–H and O–H groups in total. The average molecular weight is 312 g/mol. The maximum absolute atomic E-state index is 12.7. The molecule has 2 rings (SSSR count). The van der Waals surface area contributed by atoms with E-state index in [1.165, 1.54) is 0 Å². The summed E-state index contributed by atoms with van der Waals surface area (Å²) in [6.45, 7) is 6.41. The molecule has 0 aliphatic carbocycles. The second-order valence-electron chi connectivity index (χ2n) is 5.44. The molecular formula is C15H24N2O3S. The van der Waals surface area contributed by atoms with Crippen molar-refractivity contribution in [3.63, 3.8) is 0 Å². The molecule has 1 saturated heterocycles. The molecule has 1 aromatic rings. The van der Waals surface area contributed by atoms with E-state index in [1.54, 1.807) is 22.5 Å². The molecule has 21 heavy (non-hydrogen) atoms. The van der Waals surface area contributed by atoms with Crippen molar-refractivity contribution < 1.29 is 13.2 Å². The minimum atomic E-state index is -3.39. The quantitative estimate of drug-likeness (QED) is 0.867. The molecule has 1 unspecified atom stereocenters. The maximum atomic E-state index is 12.7. The number of sulfonamides is 1. The van der Waals surface area contributed by atoms with Crippen LogP contribution in [-0.2, 0) is 10.0 Å². The summed E-state index contributed by atoms with van der Waals surface area (Å²) in [6.07, 6.45) is 0.913. The molecule has 0 spiro atoms. The van der Waals surface area contributed by atoms with Gasteiger partial charge in [-0.25, -0.2) is 8.42 Å². The largest absolute Gasteiger partial charge is 0.494 e. The number of nitrogens with one attached hydrogen (secondary N) is 1. The molecule has 6 heteroatoms. The SMILES string of the molecule is CCOc1ccc(S(=O)(=O)N2CCC(CNC)C2)cc1C. The minimum Gasteiger partial charge on any atom is -0.494 e. The van der Waals surface area contributed by atoms with Crippen LogP contribution in [0.5, 0.6) is 5.75 Å². The van der Waals surface area contributed by atoms with Gasteiger partial charge in [0.05, 0.1) is 11.5 Å². The first kappa shape index (κ1) is 16.3. The molecule has 1 fully saturated rings. The number of aryl methyl sites for hydroxylation is 1. The van der Waals surface area contributed by atoms with Gasteiger partial charge in [0.2, 0.25) is 10.0 Å². The summed E-state index contributed by atoms with van der Waals surface area (Å²) in [5, 5.41) is 3.11. The predicted octanol–water partition coefficient (Wildman–Crippen LogP) is 1.62. The van der Waals surface area contributed by atoms with Gasteiger partial charge in [-0.3, -0.25) is 0 Å². The fourth-order valence-electron chi connectivity index (χ4n) is 2.72. The van der Waals surface area contributed by atoms with E-state index >= 15 is 0 Å². The van der Waals surface area contributed by atoms with E-state index in [9.17, 15) is 8.42 Å². The zero-order valence-electron chi connectivity index (χ0n) is 12.9. The van der Waals surface area contributed by atoms with Gasteiger partial charge in [0.1, 0.15) is 5.75 Å². The van der Waals surface area contributed by atoms with Gasteiger partial charge in [0.15, 0.2) is 0 Å². The highest BCUT2D eigenvalue weighted by Crippen LogP contribution is 2.27. The topological polar surface area (TPSA) is 58.6 Å². The molecule has 0 bridgehead atoms. The van der Waals surface area contributed by atoms with Gasteiger partial charge in [0, 0.05) is 13.1 Å². The monoisotopic (exact) mass is 312 g/mol. The smallest absolute Gasteiger partial charge is 0.243 e. The lowest BCUT2D eigenvalue weighted by Gasteiger charge is -2.17. The standard InChI is InChI=1S/C15H24N2O3S/c1-4-20-15-6-5-14(9-12(15)2)21(18,19)17-8-7-13(11-17)10-16-3/h5-6,9,13,16H,4,7-8,10-11H2,1-3H3. The average Bonchev–Trinajstić information content (AvgIpc) is 2.91. The van der Waals surface area contributed by atoms with Crippen LogP contribution in [0.4, 0.5) is 0 Å². The molecule has 118 valence electrons. The van der Waals surface area contributed by atoms with E-state index < -0.39 is 10.0 Å². The summed E-state index contributed by atoms with van der Waals surface area (Å²) >= 11 is 0. The molecule has 1 aliphatic rings. The maximum Gasteiger partial charge on any atom is 0.243 e. The normalized spacial score (nSPS) is 19.9. The highest BCUT2D eigenvalue weighted by molar-refractivity contribution is 7.89. The Morgan fingerprint density at radius 1 is 1.43 bits per heavy atom. The fraction of sp³-hybridized carbons (Fsp3) is 0.600. The summed E-state index contributed by atoms with van der Waals surface area (Å²) in [5.74, 6) is 1.14. The number of hydrogen-bond acceptors (Lipinski definition) is 4. The van der Waals surface area contributed by atoms with E-state index in [1.807, 2.05) is 20.9 Å². The second-order valence-corrected chi connectivity index (χ2v) is 7.37. The molecule has 0 radical (unpaired) electrons. The third-order valence-electron chi connectivity index (χ3n) is 3.83. The van der Waals surface area contributed by atoms with Crippen LogP contribution in [0.3, 0.4) is 0 Å². The van der Waals surface area contributed by atoms with Gasteiger partial charge in [-0.05, 0) is 63.5 Å². The van der Waals surface area contributed by atoms with E-state index in [0.29, 0.717) is 30.5 Å². The van der Waals surface area contributed by atoms with E-state index in [2.05, 4.69) is 5.32 Å². The molecule has 1 aromatic carbocycles. The number of benzene rings is 1. The number of rotatable bonds is 6. The Bertz CT molecular complexity index is 587. The van der Waals surface area contributed by atoms with Crippen LogP contribution >= 0.6 is 0 Å². The molecule has 1 aliphatic heterocycles. The molecule has 0 amide bonds. The lowest BCUT2D eigenvalue weighted by Crippen LogP contribution is -2.30.